The summed E-state index contributed by atoms with van der Waals surface area (Å²) < 4.78 is 39.4. The van der Waals surface area contributed by atoms with E-state index in [1.807, 2.05) is 11.8 Å². The first-order valence-corrected chi connectivity index (χ1v) is 9.58. The molecule has 1 atom stereocenters. The molecule has 2 aromatic rings. The van der Waals surface area contributed by atoms with Crippen LogP contribution in [0.2, 0.25) is 0 Å². The van der Waals surface area contributed by atoms with Crippen molar-refractivity contribution in [1.82, 2.24) is 9.88 Å². The molecule has 140 valence electrons. The van der Waals surface area contributed by atoms with Crippen LogP contribution in [0, 0.1) is 12.8 Å². The zero-order valence-electron chi connectivity index (χ0n) is 14.6. The molecular weight excluding hydrogens is 361 g/mol. The van der Waals surface area contributed by atoms with Gasteiger partial charge in [0.2, 0.25) is 0 Å². The average Bonchev–Trinajstić information content (AvgIpc) is 3.05. The van der Waals surface area contributed by atoms with Crippen LogP contribution in [0.1, 0.15) is 45.8 Å². The highest BCUT2D eigenvalue weighted by molar-refractivity contribution is 7.11. The highest BCUT2D eigenvalue weighted by Crippen LogP contribution is 2.33. The van der Waals surface area contributed by atoms with Crippen LogP contribution >= 0.6 is 11.3 Å². The van der Waals surface area contributed by atoms with E-state index >= 15 is 0 Å². The third-order valence-corrected chi connectivity index (χ3v) is 5.81. The second-order valence-corrected chi connectivity index (χ2v) is 7.57. The van der Waals surface area contributed by atoms with Crippen LogP contribution in [0.25, 0.3) is 0 Å². The lowest BCUT2D eigenvalue weighted by Crippen LogP contribution is -2.40. The summed E-state index contributed by atoms with van der Waals surface area (Å²) in [5, 5.41) is 0. The number of aryl methyl sites for hydroxylation is 2. The Morgan fingerprint density at radius 3 is 2.81 bits per heavy atom. The molecule has 1 aromatic heterocycles. The van der Waals surface area contributed by atoms with E-state index in [0.29, 0.717) is 36.4 Å². The normalized spacial score (nSPS) is 18.2. The first-order valence-electron chi connectivity index (χ1n) is 8.70. The highest BCUT2D eigenvalue weighted by atomic mass is 32.1. The standard InChI is InChI=1S/C19H21F3N2OS/c1-13-17(26-12-23-13)18(25)24-10-4-5-14(11-24)8-9-15-6-2-3-7-16(15)19(20,21)22/h2-3,6-7,12,14H,4-5,8-11H2,1H3/t14-/m1/s1. The fourth-order valence-electron chi connectivity index (χ4n) is 3.51. The van der Waals surface area contributed by atoms with Crippen LogP contribution in [-0.4, -0.2) is 28.9 Å². The number of hydrogen-bond donors (Lipinski definition) is 0. The van der Waals surface area contributed by atoms with Crippen molar-refractivity contribution in [3.63, 3.8) is 0 Å². The molecule has 1 saturated heterocycles. The molecule has 0 unspecified atom stereocenters. The Morgan fingerprint density at radius 2 is 2.12 bits per heavy atom. The Labute approximate surface area is 154 Å². The van der Waals surface area contributed by atoms with Gasteiger partial charge in [0.15, 0.2) is 0 Å². The number of piperidine rings is 1. The number of carbonyl (C=O) groups excluding carboxylic acids is 1. The van der Waals surface area contributed by atoms with E-state index in [1.165, 1.54) is 17.4 Å². The van der Waals surface area contributed by atoms with E-state index in [9.17, 15) is 18.0 Å². The Balaban J connectivity index is 1.63. The summed E-state index contributed by atoms with van der Waals surface area (Å²) in [5.41, 5.74) is 2.19. The number of rotatable bonds is 4. The molecule has 1 fully saturated rings. The third kappa shape index (κ3) is 4.26. The molecule has 0 bridgehead atoms. The van der Waals surface area contributed by atoms with Crippen molar-refractivity contribution in [3.8, 4) is 0 Å². The largest absolute Gasteiger partial charge is 0.416 e. The number of amides is 1. The zero-order chi connectivity index (χ0) is 18.7. The molecule has 1 amide bonds. The molecule has 0 saturated carbocycles. The fraction of sp³-hybridized carbons (Fsp3) is 0.474. The number of aromatic nitrogens is 1. The molecule has 0 aliphatic carbocycles. The van der Waals surface area contributed by atoms with E-state index in [0.717, 1.165) is 24.6 Å². The van der Waals surface area contributed by atoms with Crippen LogP contribution < -0.4 is 0 Å². The molecule has 3 nitrogen and oxygen atoms in total. The maximum atomic E-state index is 13.1. The first kappa shape index (κ1) is 18.9. The minimum Gasteiger partial charge on any atom is -0.338 e. The predicted molar refractivity (Wildman–Crippen MR) is 95.2 cm³/mol. The van der Waals surface area contributed by atoms with Crippen molar-refractivity contribution < 1.29 is 18.0 Å². The Kier molecular flexibility index (Phi) is 5.65. The van der Waals surface area contributed by atoms with Gasteiger partial charge in [0.1, 0.15) is 4.88 Å². The SMILES string of the molecule is Cc1ncsc1C(=O)N1CCC[C@H](CCc2ccccc2C(F)(F)F)C1. The van der Waals surface area contributed by atoms with Crippen molar-refractivity contribution >= 4 is 17.2 Å². The lowest BCUT2D eigenvalue weighted by atomic mass is 9.90. The van der Waals surface area contributed by atoms with Crippen LogP contribution in [-0.2, 0) is 12.6 Å². The Morgan fingerprint density at radius 1 is 1.35 bits per heavy atom. The fourth-order valence-corrected chi connectivity index (χ4v) is 4.28. The van der Waals surface area contributed by atoms with E-state index < -0.39 is 11.7 Å². The minimum atomic E-state index is -4.32. The summed E-state index contributed by atoms with van der Waals surface area (Å²) in [6.07, 6.45) is -1.47. The molecule has 7 heteroatoms. The van der Waals surface area contributed by atoms with Crippen molar-refractivity contribution in [1.29, 1.82) is 0 Å². The average molecular weight is 382 g/mol. The molecule has 26 heavy (non-hydrogen) atoms. The van der Waals surface area contributed by atoms with Crippen molar-refractivity contribution in [2.24, 2.45) is 5.92 Å². The van der Waals surface area contributed by atoms with E-state index in [1.54, 1.807) is 17.6 Å². The minimum absolute atomic E-state index is 0.00890. The summed E-state index contributed by atoms with van der Waals surface area (Å²) in [4.78, 5) is 19.2. The Hall–Kier alpha value is -1.89. The summed E-state index contributed by atoms with van der Waals surface area (Å²) >= 11 is 1.34. The second-order valence-electron chi connectivity index (χ2n) is 6.72. The number of alkyl halides is 3. The smallest absolute Gasteiger partial charge is 0.338 e. The summed E-state index contributed by atoms with van der Waals surface area (Å²) in [5.74, 6) is 0.215. The molecular formula is C19H21F3N2OS. The van der Waals surface area contributed by atoms with Crippen molar-refractivity contribution in [3.05, 3.63) is 51.5 Å². The second kappa shape index (κ2) is 7.78. The molecule has 0 N–H and O–H groups in total. The highest BCUT2D eigenvalue weighted by Gasteiger charge is 2.33. The zero-order valence-corrected chi connectivity index (χ0v) is 15.4. The molecule has 1 aromatic carbocycles. The number of halogens is 3. The van der Waals surface area contributed by atoms with E-state index in [2.05, 4.69) is 4.98 Å². The summed E-state index contributed by atoms with van der Waals surface area (Å²) in [7, 11) is 0. The van der Waals surface area contributed by atoms with Gasteiger partial charge in [0.25, 0.3) is 5.91 Å². The first-order chi connectivity index (χ1) is 12.4. The molecule has 1 aliphatic rings. The molecule has 0 spiro atoms. The number of thiazole rings is 1. The van der Waals surface area contributed by atoms with Crippen molar-refractivity contribution in [2.45, 2.75) is 38.8 Å². The van der Waals surface area contributed by atoms with E-state index in [-0.39, 0.29) is 11.8 Å². The van der Waals surface area contributed by atoms with Gasteiger partial charge in [-0.1, -0.05) is 18.2 Å². The van der Waals surface area contributed by atoms with Gasteiger partial charge in [-0.2, -0.15) is 13.2 Å². The maximum Gasteiger partial charge on any atom is 0.416 e. The number of benzene rings is 1. The van der Waals surface area contributed by atoms with Gasteiger partial charge < -0.3 is 4.90 Å². The quantitative estimate of drug-likeness (QED) is 0.749. The number of likely N-dealkylation sites (tertiary alicyclic amines) is 1. The summed E-state index contributed by atoms with van der Waals surface area (Å²) in [6.45, 7) is 3.12. The molecule has 3 rings (SSSR count). The van der Waals surface area contributed by atoms with Gasteiger partial charge in [0.05, 0.1) is 16.8 Å². The Bertz CT molecular complexity index is 772. The molecule has 2 heterocycles. The lowest BCUT2D eigenvalue weighted by molar-refractivity contribution is -0.138. The molecule has 1 aliphatic heterocycles. The van der Waals surface area contributed by atoms with Gasteiger partial charge in [0, 0.05) is 13.1 Å². The van der Waals surface area contributed by atoms with Crippen LogP contribution in [0.4, 0.5) is 13.2 Å². The number of nitrogens with zero attached hydrogens (tertiary/aromatic N) is 2. The van der Waals surface area contributed by atoms with Gasteiger partial charge >= 0.3 is 6.18 Å². The summed E-state index contributed by atoms with van der Waals surface area (Å²) in [6, 6.07) is 5.76. The van der Waals surface area contributed by atoms with Crippen molar-refractivity contribution in [2.75, 3.05) is 13.1 Å². The maximum absolute atomic E-state index is 13.1. The lowest BCUT2D eigenvalue weighted by Gasteiger charge is -2.32. The van der Waals surface area contributed by atoms with Gasteiger partial charge in [-0.25, -0.2) is 4.98 Å². The van der Waals surface area contributed by atoms with Crippen LogP contribution in [0.3, 0.4) is 0 Å². The van der Waals surface area contributed by atoms with Gasteiger partial charge in [-0.05, 0) is 50.2 Å². The topological polar surface area (TPSA) is 33.2 Å². The third-order valence-electron chi connectivity index (χ3n) is 4.89. The molecule has 0 radical (unpaired) electrons. The van der Waals surface area contributed by atoms with Gasteiger partial charge in [-0.15, -0.1) is 11.3 Å². The number of carbonyl (C=O) groups is 1. The van der Waals surface area contributed by atoms with E-state index in [4.69, 9.17) is 0 Å². The van der Waals surface area contributed by atoms with Crippen LogP contribution in [0.5, 0.6) is 0 Å². The van der Waals surface area contributed by atoms with Gasteiger partial charge in [-0.3, -0.25) is 4.79 Å². The van der Waals surface area contributed by atoms with Crippen LogP contribution in [0.15, 0.2) is 29.8 Å². The predicted octanol–water partition coefficient (Wildman–Crippen LogP) is 4.96. The monoisotopic (exact) mass is 382 g/mol. The number of hydrogen-bond acceptors (Lipinski definition) is 3.